The number of likely N-dealkylation sites (tertiary alicyclic amines) is 1. The van der Waals surface area contributed by atoms with Crippen LogP contribution in [0.15, 0.2) is 59.5 Å². The minimum atomic E-state index is -0.0970. The van der Waals surface area contributed by atoms with Crippen LogP contribution in [-0.2, 0) is 4.79 Å². The van der Waals surface area contributed by atoms with Gasteiger partial charge in [0.05, 0.1) is 10.8 Å². The van der Waals surface area contributed by atoms with Gasteiger partial charge < -0.3 is 15.5 Å². The molecule has 7 heteroatoms. The maximum Gasteiger partial charge on any atom is 0.321 e. The van der Waals surface area contributed by atoms with Crippen molar-refractivity contribution in [3.8, 4) is 0 Å². The summed E-state index contributed by atoms with van der Waals surface area (Å²) in [5.74, 6) is 0.324. The summed E-state index contributed by atoms with van der Waals surface area (Å²) in [5, 5.41) is 6.61. The van der Waals surface area contributed by atoms with E-state index in [0.29, 0.717) is 23.9 Å². The van der Waals surface area contributed by atoms with Crippen molar-refractivity contribution >= 4 is 41.0 Å². The Balaban J connectivity index is 1.39. The van der Waals surface area contributed by atoms with Crippen LogP contribution >= 0.6 is 23.4 Å². The lowest BCUT2D eigenvalue weighted by atomic mass is 10.1. The van der Waals surface area contributed by atoms with Crippen molar-refractivity contribution in [1.82, 2.24) is 10.2 Å². The number of piperidine rings is 1. The average Bonchev–Trinajstić information content (AvgIpc) is 2.69. The summed E-state index contributed by atoms with van der Waals surface area (Å²) in [5.41, 5.74) is 0.787. The van der Waals surface area contributed by atoms with Gasteiger partial charge in [-0.3, -0.25) is 4.79 Å². The molecule has 0 aromatic heterocycles. The minimum Gasteiger partial charge on any atom is -0.353 e. The van der Waals surface area contributed by atoms with Crippen molar-refractivity contribution in [2.24, 2.45) is 0 Å². The Kier molecular flexibility index (Phi) is 7.01. The Labute approximate surface area is 168 Å². The number of halogens is 1. The molecule has 2 N–H and O–H groups in total. The quantitative estimate of drug-likeness (QED) is 0.734. The number of rotatable bonds is 5. The zero-order chi connectivity index (χ0) is 19.1. The molecule has 0 atom stereocenters. The maximum atomic E-state index is 12.3. The topological polar surface area (TPSA) is 61.4 Å². The fourth-order valence-electron chi connectivity index (χ4n) is 2.93. The van der Waals surface area contributed by atoms with Gasteiger partial charge in [-0.2, -0.15) is 0 Å². The van der Waals surface area contributed by atoms with Crippen molar-refractivity contribution < 1.29 is 9.59 Å². The van der Waals surface area contributed by atoms with Crippen LogP contribution in [0.5, 0.6) is 0 Å². The highest BCUT2D eigenvalue weighted by molar-refractivity contribution is 8.00. The molecule has 2 aromatic carbocycles. The molecule has 2 aromatic rings. The zero-order valence-corrected chi connectivity index (χ0v) is 16.4. The molecular formula is C20H22ClN3O2S. The molecule has 1 aliphatic heterocycles. The number of urea groups is 1. The number of hydrogen-bond acceptors (Lipinski definition) is 3. The molecule has 5 nitrogen and oxygen atoms in total. The van der Waals surface area contributed by atoms with Gasteiger partial charge in [0.15, 0.2) is 0 Å². The average molecular weight is 404 g/mol. The van der Waals surface area contributed by atoms with E-state index in [4.69, 9.17) is 11.6 Å². The van der Waals surface area contributed by atoms with Gasteiger partial charge >= 0.3 is 6.03 Å². The lowest BCUT2D eigenvalue weighted by molar-refractivity contribution is -0.119. The number of amides is 3. The predicted molar refractivity (Wildman–Crippen MR) is 110 cm³/mol. The predicted octanol–water partition coefficient (Wildman–Crippen LogP) is 4.24. The molecule has 0 saturated carbocycles. The second kappa shape index (κ2) is 9.67. The highest BCUT2D eigenvalue weighted by Crippen LogP contribution is 2.26. The van der Waals surface area contributed by atoms with Crippen molar-refractivity contribution in [3.63, 3.8) is 0 Å². The van der Waals surface area contributed by atoms with E-state index in [2.05, 4.69) is 10.6 Å². The summed E-state index contributed by atoms with van der Waals surface area (Å²) < 4.78 is 0. The molecule has 142 valence electrons. The molecule has 1 heterocycles. The molecule has 0 unspecified atom stereocenters. The Hall–Kier alpha value is -2.18. The molecule has 27 heavy (non-hydrogen) atoms. The third kappa shape index (κ3) is 5.91. The summed E-state index contributed by atoms with van der Waals surface area (Å²) >= 11 is 7.54. The van der Waals surface area contributed by atoms with Crippen LogP contribution in [0, 0.1) is 0 Å². The highest BCUT2D eigenvalue weighted by Gasteiger charge is 2.23. The second-order valence-electron chi connectivity index (χ2n) is 6.34. The number of nitrogens with one attached hydrogen (secondary N) is 2. The van der Waals surface area contributed by atoms with Crippen molar-refractivity contribution in [1.29, 1.82) is 0 Å². The van der Waals surface area contributed by atoms with E-state index < -0.39 is 0 Å². The summed E-state index contributed by atoms with van der Waals surface area (Å²) in [7, 11) is 0. The highest BCUT2D eigenvalue weighted by atomic mass is 35.5. The van der Waals surface area contributed by atoms with Gasteiger partial charge in [0, 0.05) is 29.7 Å². The molecule has 3 rings (SSSR count). The fraction of sp³-hybridized carbons (Fsp3) is 0.300. The van der Waals surface area contributed by atoms with E-state index in [9.17, 15) is 9.59 Å². The Bertz CT molecular complexity index is 780. The van der Waals surface area contributed by atoms with Gasteiger partial charge in [-0.05, 0) is 37.1 Å². The van der Waals surface area contributed by atoms with Crippen LogP contribution in [0.3, 0.4) is 0 Å². The minimum absolute atomic E-state index is 0.00731. The zero-order valence-electron chi connectivity index (χ0n) is 14.9. The standard InChI is InChI=1S/C20H22ClN3O2S/c21-17-8-4-5-9-18(17)27-14-19(25)22-16-10-12-24(13-11-16)20(26)23-15-6-2-1-3-7-15/h1-9,16H,10-14H2,(H,22,25)(H,23,26). The maximum absolute atomic E-state index is 12.3. The molecular weight excluding hydrogens is 382 g/mol. The first-order chi connectivity index (χ1) is 13.1. The number of para-hydroxylation sites is 1. The summed E-state index contributed by atoms with van der Waals surface area (Å²) in [4.78, 5) is 27.2. The number of thioether (sulfide) groups is 1. The van der Waals surface area contributed by atoms with Gasteiger partial charge in [0.1, 0.15) is 0 Å². The first-order valence-corrected chi connectivity index (χ1v) is 10.3. The third-order valence-corrected chi connectivity index (χ3v) is 5.88. The SMILES string of the molecule is O=C(CSc1ccccc1Cl)NC1CCN(C(=O)Nc2ccccc2)CC1. The van der Waals surface area contributed by atoms with Gasteiger partial charge in [-0.25, -0.2) is 4.79 Å². The lowest BCUT2D eigenvalue weighted by Gasteiger charge is -2.32. The van der Waals surface area contributed by atoms with Gasteiger partial charge in [-0.15, -0.1) is 11.8 Å². The second-order valence-corrected chi connectivity index (χ2v) is 7.77. The molecule has 3 amide bonds. The van der Waals surface area contributed by atoms with Crippen LogP contribution in [0.2, 0.25) is 5.02 Å². The van der Waals surface area contributed by atoms with Crippen molar-refractivity contribution in [2.75, 3.05) is 24.2 Å². The molecule has 1 aliphatic rings. The van der Waals surface area contributed by atoms with Gasteiger partial charge in [-0.1, -0.05) is 41.9 Å². The number of hydrogen-bond donors (Lipinski definition) is 2. The normalized spacial score (nSPS) is 14.6. The largest absolute Gasteiger partial charge is 0.353 e. The summed E-state index contributed by atoms with van der Waals surface area (Å²) in [6.45, 7) is 1.25. The lowest BCUT2D eigenvalue weighted by Crippen LogP contribution is -2.48. The Morgan fingerprint density at radius 1 is 1.04 bits per heavy atom. The summed E-state index contributed by atoms with van der Waals surface area (Å²) in [6.07, 6.45) is 1.51. The smallest absolute Gasteiger partial charge is 0.321 e. The molecule has 1 fully saturated rings. The van der Waals surface area contributed by atoms with E-state index in [1.165, 1.54) is 11.8 Å². The van der Waals surface area contributed by atoms with Crippen molar-refractivity contribution in [2.45, 2.75) is 23.8 Å². The van der Waals surface area contributed by atoms with E-state index in [0.717, 1.165) is 23.4 Å². The van der Waals surface area contributed by atoms with E-state index in [-0.39, 0.29) is 18.0 Å². The Morgan fingerprint density at radius 2 is 1.70 bits per heavy atom. The fourth-order valence-corrected chi connectivity index (χ4v) is 3.98. The number of benzene rings is 2. The van der Waals surface area contributed by atoms with Crippen LogP contribution < -0.4 is 10.6 Å². The molecule has 1 saturated heterocycles. The first-order valence-electron chi connectivity index (χ1n) is 8.89. The van der Waals surface area contributed by atoms with Crippen LogP contribution in [0.25, 0.3) is 0 Å². The number of carbonyl (C=O) groups is 2. The van der Waals surface area contributed by atoms with Gasteiger partial charge in [0.2, 0.25) is 5.91 Å². The molecule has 0 bridgehead atoms. The van der Waals surface area contributed by atoms with Crippen LogP contribution in [0.1, 0.15) is 12.8 Å². The van der Waals surface area contributed by atoms with E-state index >= 15 is 0 Å². The van der Waals surface area contributed by atoms with E-state index in [1.807, 2.05) is 54.6 Å². The van der Waals surface area contributed by atoms with E-state index in [1.54, 1.807) is 4.90 Å². The van der Waals surface area contributed by atoms with Crippen molar-refractivity contribution in [3.05, 3.63) is 59.6 Å². The monoisotopic (exact) mass is 403 g/mol. The molecule has 0 spiro atoms. The third-order valence-electron chi connectivity index (χ3n) is 4.37. The van der Waals surface area contributed by atoms with Crippen LogP contribution in [-0.4, -0.2) is 41.7 Å². The molecule has 0 radical (unpaired) electrons. The number of carbonyl (C=O) groups excluding carboxylic acids is 2. The van der Waals surface area contributed by atoms with Crippen LogP contribution in [0.4, 0.5) is 10.5 Å². The molecule has 0 aliphatic carbocycles. The Morgan fingerprint density at radius 3 is 2.41 bits per heavy atom. The first kappa shape index (κ1) is 19.6. The number of anilines is 1. The summed E-state index contributed by atoms with van der Waals surface area (Å²) in [6, 6.07) is 16.9. The number of nitrogens with zero attached hydrogens (tertiary/aromatic N) is 1. The van der Waals surface area contributed by atoms with Gasteiger partial charge in [0.25, 0.3) is 0 Å².